The molecule has 6 nitrogen and oxygen atoms in total. The molecule has 1 aliphatic heterocycles. The highest BCUT2D eigenvalue weighted by molar-refractivity contribution is 7.85. The van der Waals surface area contributed by atoms with Crippen LogP contribution in [0.3, 0.4) is 0 Å². The number of rotatable bonds is 4. The lowest BCUT2D eigenvalue weighted by molar-refractivity contribution is -0.153. The summed E-state index contributed by atoms with van der Waals surface area (Å²) in [4.78, 5) is 13.9. The van der Waals surface area contributed by atoms with Crippen molar-refractivity contribution in [3.8, 4) is 0 Å². The molecular formula is C19H27NO5S. The summed E-state index contributed by atoms with van der Waals surface area (Å²) in [6.07, 6.45) is 0.701. The minimum Gasteiger partial charge on any atom is -0.444 e. The van der Waals surface area contributed by atoms with Crippen molar-refractivity contribution in [2.45, 2.75) is 64.0 Å². The molecule has 1 saturated heterocycles. The maximum absolute atomic E-state index is 12.2. The van der Waals surface area contributed by atoms with Crippen LogP contribution < -0.4 is 0 Å². The Labute approximate surface area is 155 Å². The molecule has 1 atom stereocenters. The summed E-state index contributed by atoms with van der Waals surface area (Å²) >= 11 is 0. The Balaban J connectivity index is 1.49. The molecule has 7 heteroatoms. The van der Waals surface area contributed by atoms with Crippen molar-refractivity contribution in [3.63, 3.8) is 0 Å². The summed E-state index contributed by atoms with van der Waals surface area (Å²) in [5.41, 5.74) is 0.162. The van der Waals surface area contributed by atoms with Gasteiger partial charge in [0.1, 0.15) is 11.4 Å². The van der Waals surface area contributed by atoms with Gasteiger partial charge in [-0.05, 0) is 46.1 Å². The molecule has 0 bridgehead atoms. The van der Waals surface area contributed by atoms with E-state index in [2.05, 4.69) is 0 Å². The van der Waals surface area contributed by atoms with E-state index in [0.717, 1.165) is 5.56 Å². The van der Waals surface area contributed by atoms with Crippen molar-refractivity contribution in [1.29, 1.82) is 0 Å². The number of nitrogens with zero attached hydrogens (tertiary/aromatic N) is 1. The van der Waals surface area contributed by atoms with Crippen LogP contribution in [0.1, 0.15) is 46.1 Å². The fourth-order valence-electron chi connectivity index (χ4n) is 3.77. The second kappa shape index (κ2) is 6.53. The largest absolute Gasteiger partial charge is 0.444 e. The monoisotopic (exact) mass is 381 g/mol. The number of benzene rings is 1. The van der Waals surface area contributed by atoms with E-state index in [9.17, 15) is 13.2 Å². The van der Waals surface area contributed by atoms with Crippen molar-refractivity contribution in [2.75, 3.05) is 6.54 Å². The third-order valence-corrected chi connectivity index (χ3v) is 6.46. The number of ether oxygens (including phenoxy) is 1. The highest BCUT2D eigenvalue weighted by Crippen LogP contribution is 2.54. The van der Waals surface area contributed by atoms with Gasteiger partial charge in [0.05, 0.1) is 6.10 Å². The summed E-state index contributed by atoms with van der Waals surface area (Å²) < 4.78 is 35.2. The molecule has 26 heavy (non-hydrogen) atoms. The Morgan fingerprint density at radius 2 is 1.85 bits per heavy atom. The maximum atomic E-state index is 12.2. The lowest BCUT2D eigenvalue weighted by Gasteiger charge is -2.62. The summed E-state index contributed by atoms with van der Waals surface area (Å²) in [6.45, 7) is 8.12. The molecule has 0 aromatic heterocycles. The molecule has 0 radical (unpaired) electrons. The van der Waals surface area contributed by atoms with Gasteiger partial charge in [0.2, 0.25) is 0 Å². The quantitative estimate of drug-likeness (QED) is 0.748. The van der Waals surface area contributed by atoms with E-state index in [1.807, 2.05) is 45.9 Å². The van der Waals surface area contributed by atoms with Gasteiger partial charge in [0, 0.05) is 18.0 Å². The Hall–Kier alpha value is -1.60. The van der Waals surface area contributed by atoms with Gasteiger partial charge in [-0.15, -0.1) is 0 Å². The highest BCUT2D eigenvalue weighted by Gasteiger charge is 2.60. The molecular weight excluding hydrogens is 354 g/mol. The topological polar surface area (TPSA) is 72.9 Å². The van der Waals surface area contributed by atoms with E-state index < -0.39 is 15.7 Å². The van der Waals surface area contributed by atoms with Crippen molar-refractivity contribution in [2.24, 2.45) is 5.41 Å². The Morgan fingerprint density at radius 1 is 1.23 bits per heavy atom. The van der Waals surface area contributed by atoms with Crippen molar-refractivity contribution >= 4 is 16.2 Å². The van der Waals surface area contributed by atoms with Gasteiger partial charge >= 0.3 is 6.09 Å². The molecule has 2 aliphatic rings. The van der Waals surface area contributed by atoms with Crippen LogP contribution in [0.2, 0.25) is 0 Å². The van der Waals surface area contributed by atoms with E-state index in [4.69, 9.17) is 8.92 Å². The van der Waals surface area contributed by atoms with Crippen LogP contribution in [0, 0.1) is 5.41 Å². The lowest BCUT2D eigenvalue weighted by Crippen LogP contribution is -2.71. The number of hydrogen-bond acceptors (Lipinski definition) is 5. The molecule has 1 aromatic rings. The van der Waals surface area contributed by atoms with Crippen LogP contribution >= 0.6 is 0 Å². The van der Waals surface area contributed by atoms with E-state index in [0.29, 0.717) is 19.4 Å². The smallest absolute Gasteiger partial charge is 0.410 e. The third-order valence-electron chi connectivity index (χ3n) is 5.20. The molecule has 3 rings (SSSR count). The first-order valence-corrected chi connectivity index (χ1v) is 10.5. The van der Waals surface area contributed by atoms with Gasteiger partial charge in [0.15, 0.2) is 0 Å². The number of likely N-dealkylation sites (tertiary alicyclic amines) is 1. The molecule has 0 N–H and O–H groups in total. The van der Waals surface area contributed by atoms with Gasteiger partial charge < -0.3 is 9.64 Å². The molecule has 144 valence electrons. The predicted molar refractivity (Wildman–Crippen MR) is 98.0 cm³/mol. The average Bonchev–Trinajstić information content (AvgIpc) is 2.47. The summed E-state index contributed by atoms with van der Waals surface area (Å²) in [5.74, 6) is -0.114. The first kappa shape index (κ1) is 19.2. The van der Waals surface area contributed by atoms with Crippen LogP contribution in [-0.2, 0) is 24.8 Å². The second-order valence-corrected chi connectivity index (χ2v) is 10.1. The molecule has 1 amide bonds. The zero-order valence-corrected chi connectivity index (χ0v) is 16.6. The predicted octanol–water partition coefficient (Wildman–Crippen LogP) is 3.32. The average molecular weight is 381 g/mol. The SMILES string of the molecule is CC1N(C(=O)OC(C)(C)C)CC12CC(OS(=O)(=O)Cc1ccccc1)C2. The molecule has 1 aromatic carbocycles. The minimum absolute atomic E-state index is 0.0361. The Morgan fingerprint density at radius 3 is 2.38 bits per heavy atom. The van der Waals surface area contributed by atoms with Crippen LogP contribution in [-0.4, -0.2) is 43.7 Å². The maximum Gasteiger partial charge on any atom is 0.410 e. The fraction of sp³-hybridized carbons (Fsp3) is 0.632. The first-order valence-electron chi connectivity index (χ1n) is 8.94. The first-order chi connectivity index (χ1) is 12.0. The minimum atomic E-state index is -3.61. The van der Waals surface area contributed by atoms with Gasteiger partial charge in [-0.2, -0.15) is 8.42 Å². The van der Waals surface area contributed by atoms with Gasteiger partial charge in [-0.25, -0.2) is 4.79 Å². The van der Waals surface area contributed by atoms with Gasteiger partial charge in [-0.1, -0.05) is 30.3 Å². The number of carbonyl (C=O) groups excluding carboxylic acids is 1. The van der Waals surface area contributed by atoms with Crippen LogP contribution in [0.5, 0.6) is 0 Å². The van der Waals surface area contributed by atoms with Gasteiger partial charge in [0.25, 0.3) is 10.1 Å². The number of amides is 1. The highest BCUT2D eigenvalue weighted by atomic mass is 32.2. The standard InChI is InChI=1S/C19H27NO5S/c1-14-19(13-20(14)17(21)24-18(2,3)4)10-16(11-19)25-26(22,23)12-15-8-6-5-7-9-15/h5-9,14,16H,10-13H2,1-4H3. The van der Waals surface area contributed by atoms with E-state index >= 15 is 0 Å². The lowest BCUT2D eigenvalue weighted by atomic mass is 9.57. The fourth-order valence-corrected chi connectivity index (χ4v) is 4.99. The summed E-state index contributed by atoms with van der Waals surface area (Å²) in [5, 5.41) is 0. The summed E-state index contributed by atoms with van der Waals surface area (Å²) in [6, 6.07) is 9.05. The third kappa shape index (κ3) is 4.04. The zero-order valence-electron chi connectivity index (χ0n) is 15.8. The molecule has 1 unspecified atom stereocenters. The van der Waals surface area contributed by atoms with Crippen molar-refractivity contribution in [1.82, 2.24) is 4.90 Å². The van der Waals surface area contributed by atoms with Crippen molar-refractivity contribution < 1.29 is 22.1 Å². The number of hydrogen-bond donors (Lipinski definition) is 0. The van der Waals surface area contributed by atoms with Crippen molar-refractivity contribution in [3.05, 3.63) is 35.9 Å². The zero-order chi connectivity index (χ0) is 19.2. The van der Waals surface area contributed by atoms with Crippen LogP contribution in [0.15, 0.2) is 30.3 Å². The molecule has 1 heterocycles. The Kier molecular flexibility index (Phi) is 4.82. The van der Waals surface area contributed by atoms with E-state index in [1.54, 1.807) is 17.0 Å². The second-order valence-electron chi connectivity index (χ2n) is 8.46. The summed E-state index contributed by atoms with van der Waals surface area (Å²) in [7, 11) is -3.61. The van der Waals surface area contributed by atoms with E-state index in [1.165, 1.54) is 0 Å². The molecule has 1 saturated carbocycles. The molecule has 2 fully saturated rings. The number of carbonyl (C=O) groups is 1. The molecule has 1 aliphatic carbocycles. The Bertz CT molecular complexity index is 763. The van der Waals surface area contributed by atoms with E-state index in [-0.39, 0.29) is 29.4 Å². The van der Waals surface area contributed by atoms with Gasteiger partial charge in [-0.3, -0.25) is 4.18 Å². The molecule has 1 spiro atoms. The van der Waals surface area contributed by atoms with Crippen LogP contribution in [0.4, 0.5) is 4.79 Å². The van der Waals surface area contributed by atoms with Crippen LogP contribution in [0.25, 0.3) is 0 Å². The normalized spacial score (nSPS) is 28.4.